The summed E-state index contributed by atoms with van der Waals surface area (Å²) >= 11 is 0. The van der Waals surface area contributed by atoms with Gasteiger partial charge in [0.2, 0.25) is 0 Å². The van der Waals surface area contributed by atoms with Crippen LogP contribution in [0.5, 0.6) is 0 Å². The minimum atomic E-state index is -0.909. The maximum Gasteiger partial charge on any atom is 0.305 e. The van der Waals surface area contributed by atoms with E-state index in [0.29, 0.717) is 12.0 Å². The summed E-state index contributed by atoms with van der Waals surface area (Å²) in [5.41, 5.74) is 1.27. The molecule has 110 valence electrons. The Hall–Kier alpha value is -2.43. The number of para-hydroxylation sites is 1. The van der Waals surface area contributed by atoms with Gasteiger partial charge in [-0.3, -0.25) is 14.6 Å². The highest BCUT2D eigenvalue weighted by Gasteiger charge is 2.17. The fourth-order valence-electron chi connectivity index (χ4n) is 2.34. The smallest absolute Gasteiger partial charge is 0.305 e. The zero-order valence-electron chi connectivity index (χ0n) is 11.9. The second-order valence-corrected chi connectivity index (χ2v) is 4.93. The molecule has 0 aliphatic carbocycles. The third-order valence-electron chi connectivity index (χ3n) is 3.29. The highest BCUT2D eigenvalue weighted by molar-refractivity contribution is 6.06. The number of carbonyl (C=O) groups is 2. The molecule has 1 amide bonds. The fourth-order valence-corrected chi connectivity index (χ4v) is 2.34. The molecule has 2 N–H and O–H groups in total. The summed E-state index contributed by atoms with van der Waals surface area (Å²) in [4.78, 5) is 27.5. The number of aromatic nitrogens is 1. The van der Waals surface area contributed by atoms with Crippen LogP contribution in [0.4, 0.5) is 0 Å². The molecule has 2 rings (SSSR count). The third kappa shape index (κ3) is 3.78. The van der Waals surface area contributed by atoms with Gasteiger partial charge in [-0.2, -0.15) is 0 Å². The molecule has 0 saturated heterocycles. The first-order valence-electron chi connectivity index (χ1n) is 6.98. The number of carboxylic acids is 1. The summed E-state index contributed by atoms with van der Waals surface area (Å²) in [6, 6.07) is 8.69. The van der Waals surface area contributed by atoms with Crippen LogP contribution in [-0.4, -0.2) is 28.0 Å². The molecule has 0 bridgehead atoms. The van der Waals surface area contributed by atoms with Crippen molar-refractivity contribution in [2.75, 3.05) is 0 Å². The molecule has 1 heterocycles. The van der Waals surface area contributed by atoms with E-state index < -0.39 is 5.97 Å². The highest BCUT2D eigenvalue weighted by atomic mass is 16.4. The first-order valence-corrected chi connectivity index (χ1v) is 6.98. The Kier molecular flexibility index (Phi) is 4.87. The van der Waals surface area contributed by atoms with Gasteiger partial charge < -0.3 is 10.4 Å². The molecule has 1 unspecified atom stereocenters. The van der Waals surface area contributed by atoms with Crippen molar-refractivity contribution in [2.45, 2.75) is 32.2 Å². The molecule has 0 aliphatic heterocycles. The van der Waals surface area contributed by atoms with Gasteiger partial charge in [0.1, 0.15) is 0 Å². The minimum Gasteiger partial charge on any atom is -0.481 e. The van der Waals surface area contributed by atoms with Gasteiger partial charge in [-0.05, 0) is 18.6 Å². The molecule has 1 aromatic heterocycles. The standard InChI is InChI=1S/C16H18N2O3/c1-2-5-11(10-15(19)20)18-16(21)13-8-9-17-14-7-4-3-6-12(13)14/h3-4,6-9,11H,2,5,10H2,1H3,(H,18,21)(H,19,20). The third-order valence-corrected chi connectivity index (χ3v) is 3.29. The van der Waals surface area contributed by atoms with E-state index in [9.17, 15) is 9.59 Å². The van der Waals surface area contributed by atoms with E-state index in [4.69, 9.17) is 5.11 Å². The van der Waals surface area contributed by atoms with Crippen LogP contribution in [-0.2, 0) is 4.79 Å². The first-order chi connectivity index (χ1) is 10.1. The Balaban J connectivity index is 2.23. The molecule has 1 atom stereocenters. The lowest BCUT2D eigenvalue weighted by atomic mass is 10.1. The number of hydrogen-bond acceptors (Lipinski definition) is 3. The lowest BCUT2D eigenvalue weighted by Crippen LogP contribution is -2.36. The number of carboxylic acid groups (broad SMARTS) is 1. The average Bonchev–Trinajstić information content (AvgIpc) is 2.46. The van der Waals surface area contributed by atoms with Gasteiger partial charge in [-0.1, -0.05) is 31.5 Å². The maximum atomic E-state index is 12.4. The van der Waals surface area contributed by atoms with E-state index in [1.807, 2.05) is 31.2 Å². The van der Waals surface area contributed by atoms with E-state index in [-0.39, 0.29) is 18.4 Å². The number of nitrogens with zero attached hydrogens (tertiary/aromatic N) is 1. The molecule has 0 aliphatic rings. The quantitative estimate of drug-likeness (QED) is 0.855. The van der Waals surface area contributed by atoms with Gasteiger partial charge in [0.05, 0.1) is 17.5 Å². The summed E-state index contributed by atoms with van der Waals surface area (Å²) < 4.78 is 0. The molecule has 0 saturated carbocycles. The zero-order chi connectivity index (χ0) is 15.2. The number of fused-ring (bicyclic) bond motifs is 1. The van der Waals surface area contributed by atoms with E-state index in [1.165, 1.54) is 0 Å². The van der Waals surface area contributed by atoms with E-state index >= 15 is 0 Å². The summed E-state index contributed by atoms with van der Waals surface area (Å²) in [5.74, 6) is -1.17. The topological polar surface area (TPSA) is 79.3 Å². The predicted molar refractivity (Wildman–Crippen MR) is 80.2 cm³/mol. The summed E-state index contributed by atoms with van der Waals surface area (Å²) in [6.45, 7) is 1.96. The minimum absolute atomic E-state index is 0.0669. The second-order valence-electron chi connectivity index (χ2n) is 4.93. The van der Waals surface area contributed by atoms with Crippen molar-refractivity contribution in [1.29, 1.82) is 0 Å². The second kappa shape index (κ2) is 6.83. The Morgan fingerprint density at radius 1 is 1.29 bits per heavy atom. The molecule has 21 heavy (non-hydrogen) atoms. The van der Waals surface area contributed by atoms with Crippen molar-refractivity contribution in [3.8, 4) is 0 Å². The molecule has 0 radical (unpaired) electrons. The van der Waals surface area contributed by atoms with Gasteiger partial charge >= 0.3 is 5.97 Å². The van der Waals surface area contributed by atoms with Crippen LogP contribution in [0, 0.1) is 0 Å². The predicted octanol–water partition coefficient (Wildman–Crippen LogP) is 2.61. The van der Waals surface area contributed by atoms with Crippen molar-refractivity contribution in [1.82, 2.24) is 10.3 Å². The van der Waals surface area contributed by atoms with E-state index in [1.54, 1.807) is 12.3 Å². The van der Waals surface area contributed by atoms with E-state index in [0.717, 1.165) is 17.3 Å². The SMILES string of the molecule is CCCC(CC(=O)O)NC(=O)c1ccnc2ccccc12. The molecular formula is C16H18N2O3. The summed E-state index contributed by atoms with van der Waals surface area (Å²) in [5, 5.41) is 12.5. The number of pyridine rings is 1. The average molecular weight is 286 g/mol. The number of amides is 1. The Bertz CT molecular complexity index is 650. The molecule has 2 aromatic rings. The zero-order valence-corrected chi connectivity index (χ0v) is 11.9. The largest absolute Gasteiger partial charge is 0.481 e. The molecule has 1 aromatic carbocycles. The number of benzene rings is 1. The maximum absolute atomic E-state index is 12.4. The molecular weight excluding hydrogens is 268 g/mol. The van der Waals surface area contributed by atoms with Crippen molar-refractivity contribution >= 4 is 22.8 Å². The lowest BCUT2D eigenvalue weighted by molar-refractivity contribution is -0.137. The number of nitrogens with one attached hydrogen (secondary N) is 1. The molecule has 5 heteroatoms. The number of hydrogen-bond donors (Lipinski definition) is 2. The van der Waals surface area contributed by atoms with Gasteiger partial charge in [0.25, 0.3) is 5.91 Å². The van der Waals surface area contributed by atoms with Crippen molar-refractivity contribution in [3.63, 3.8) is 0 Å². The van der Waals surface area contributed by atoms with Crippen molar-refractivity contribution < 1.29 is 14.7 Å². The van der Waals surface area contributed by atoms with Crippen molar-refractivity contribution in [2.24, 2.45) is 0 Å². The fraction of sp³-hybridized carbons (Fsp3) is 0.312. The monoisotopic (exact) mass is 286 g/mol. The first kappa shape index (κ1) is 15.0. The van der Waals surface area contributed by atoms with Crippen LogP contribution in [0.15, 0.2) is 36.5 Å². The van der Waals surface area contributed by atoms with Gasteiger partial charge in [-0.15, -0.1) is 0 Å². The Labute approximate surface area is 123 Å². The number of aliphatic carboxylic acids is 1. The lowest BCUT2D eigenvalue weighted by Gasteiger charge is -2.16. The van der Waals surface area contributed by atoms with Gasteiger partial charge in [-0.25, -0.2) is 0 Å². The van der Waals surface area contributed by atoms with Gasteiger partial charge in [0.15, 0.2) is 0 Å². The normalized spacial score (nSPS) is 12.0. The number of rotatable bonds is 6. The van der Waals surface area contributed by atoms with Crippen molar-refractivity contribution in [3.05, 3.63) is 42.1 Å². The Morgan fingerprint density at radius 3 is 2.76 bits per heavy atom. The van der Waals surface area contributed by atoms with Crippen LogP contribution in [0.1, 0.15) is 36.5 Å². The van der Waals surface area contributed by atoms with Crippen LogP contribution in [0.25, 0.3) is 10.9 Å². The van der Waals surface area contributed by atoms with Gasteiger partial charge in [0, 0.05) is 17.6 Å². The summed E-state index contributed by atoms with van der Waals surface area (Å²) in [7, 11) is 0. The summed E-state index contributed by atoms with van der Waals surface area (Å²) in [6.07, 6.45) is 2.97. The molecule has 0 spiro atoms. The number of carbonyl (C=O) groups excluding carboxylic acids is 1. The molecule has 5 nitrogen and oxygen atoms in total. The highest BCUT2D eigenvalue weighted by Crippen LogP contribution is 2.16. The van der Waals surface area contributed by atoms with Crippen LogP contribution >= 0.6 is 0 Å². The molecule has 0 fully saturated rings. The van der Waals surface area contributed by atoms with Crippen LogP contribution in [0.3, 0.4) is 0 Å². The van der Waals surface area contributed by atoms with Crippen LogP contribution < -0.4 is 5.32 Å². The van der Waals surface area contributed by atoms with E-state index in [2.05, 4.69) is 10.3 Å². The van der Waals surface area contributed by atoms with Crippen LogP contribution in [0.2, 0.25) is 0 Å². The Morgan fingerprint density at radius 2 is 2.05 bits per heavy atom.